The molecule has 2 rings (SSSR count). The number of carbonyl (C=O) groups excluding carboxylic acids is 2. The number of para-hydroxylation sites is 1. The van der Waals surface area contributed by atoms with Crippen LogP contribution in [0.1, 0.15) is 0 Å². The topological polar surface area (TPSA) is 49.4 Å². The van der Waals surface area contributed by atoms with Crippen molar-refractivity contribution in [3.63, 3.8) is 0 Å². The first-order valence-electron chi connectivity index (χ1n) is 4.54. The highest BCUT2D eigenvalue weighted by Crippen LogP contribution is 2.22. The number of amides is 2. The lowest BCUT2D eigenvalue weighted by atomic mass is 10.2. The van der Waals surface area contributed by atoms with E-state index in [4.69, 9.17) is 0 Å². The lowest BCUT2D eigenvalue weighted by molar-refractivity contribution is -0.138. The number of hydrogen-bond acceptors (Lipinski definition) is 2. The van der Waals surface area contributed by atoms with Crippen LogP contribution in [0.2, 0.25) is 0 Å². The Morgan fingerprint density at radius 3 is 2.73 bits per heavy atom. The molecular weight excluding hydrogens is 307 g/mol. The Labute approximate surface area is 101 Å². The maximum Gasteiger partial charge on any atom is 0.316 e. The van der Waals surface area contributed by atoms with Crippen LogP contribution in [0.15, 0.2) is 24.3 Å². The summed E-state index contributed by atoms with van der Waals surface area (Å²) < 4.78 is 0.971. The Morgan fingerprint density at radius 1 is 1.27 bits per heavy atom. The van der Waals surface area contributed by atoms with Crippen LogP contribution in [-0.2, 0) is 9.59 Å². The van der Waals surface area contributed by atoms with Crippen molar-refractivity contribution in [2.75, 3.05) is 18.0 Å². The molecule has 2 amide bonds. The smallest absolute Gasteiger partial charge is 0.316 e. The number of nitrogens with one attached hydrogen (secondary N) is 1. The molecule has 1 aromatic rings. The van der Waals surface area contributed by atoms with Gasteiger partial charge in [0.2, 0.25) is 0 Å². The van der Waals surface area contributed by atoms with Gasteiger partial charge in [-0.25, -0.2) is 0 Å². The molecule has 0 unspecified atom stereocenters. The summed E-state index contributed by atoms with van der Waals surface area (Å²) in [5.74, 6) is -1.01. The van der Waals surface area contributed by atoms with Crippen LogP contribution in [0, 0.1) is 3.57 Å². The third kappa shape index (κ3) is 1.97. The fourth-order valence-electron chi connectivity index (χ4n) is 1.48. The van der Waals surface area contributed by atoms with E-state index in [9.17, 15) is 9.59 Å². The van der Waals surface area contributed by atoms with Crippen molar-refractivity contribution in [3.8, 4) is 0 Å². The van der Waals surface area contributed by atoms with Crippen molar-refractivity contribution in [2.45, 2.75) is 0 Å². The summed E-state index contributed by atoms with van der Waals surface area (Å²) in [6, 6.07) is 7.52. The summed E-state index contributed by atoms with van der Waals surface area (Å²) in [5, 5.41) is 2.52. The van der Waals surface area contributed by atoms with Gasteiger partial charge in [0.15, 0.2) is 0 Å². The van der Waals surface area contributed by atoms with E-state index in [0.717, 1.165) is 9.26 Å². The molecule has 0 saturated carbocycles. The van der Waals surface area contributed by atoms with E-state index in [-0.39, 0.29) is 0 Å². The molecule has 78 valence electrons. The highest BCUT2D eigenvalue weighted by molar-refractivity contribution is 14.1. The molecule has 1 aliphatic rings. The van der Waals surface area contributed by atoms with Gasteiger partial charge in [-0.1, -0.05) is 12.1 Å². The quantitative estimate of drug-likeness (QED) is 0.614. The van der Waals surface area contributed by atoms with E-state index < -0.39 is 11.8 Å². The third-order valence-electron chi connectivity index (χ3n) is 2.20. The van der Waals surface area contributed by atoms with Crippen molar-refractivity contribution in [3.05, 3.63) is 27.8 Å². The molecule has 0 aliphatic carbocycles. The second-order valence-electron chi connectivity index (χ2n) is 3.16. The largest absolute Gasteiger partial charge is 0.346 e. The Hall–Kier alpha value is -1.11. The van der Waals surface area contributed by atoms with Gasteiger partial charge in [0.05, 0.1) is 5.69 Å². The van der Waals surface area contributed by atoms with Gasteiger partial charge in [-0.05, 0) is 34.7 Å². The van der Waals surface area contributed by atoms with Crippen LogP contribution in [0.4, 0.5) is 5.69 Å². The first kappa shape index (κ1) is 10.4. The number of carbonyl (C=O) groups is 2. The summed E-state index contributed by atoms with van der Waals surface area (Å²) in [5.41, 5.74) is 0.804. The molecule has 0 radical (unpaired) electrons. The molecule has 15 heavy (non-hydrogen) atoms. The molecule has 1 heterocycles. The third-order valence-corrected chi connectivity index (χ3v) is 3.12. The van der Waals surface area contributed by atoms with Gasteiger partial charge in [-0.2, -0.15) is 0 Å². The molecule has 1 fully saturated rings. The maximum atomic E-state index is 11.6. The van der Waals surface area contributed by atoms with Gasteiger partial charge in [-0.3, -0.25) is 9.59 Å². The van der Waals surface area contributed by atoms with E-state index in [2.05, 4.69) is 27.9 Å². The first-order chi connectivity index (χ1) is 7.20. The lowest BCUT2D eigenvalue weighted by Gasteiger charge is -2.27. The van der Waals surface area contributed by atoms with E-state index in [1.54, 1.807) is 0 Å². The first-order valence-corrected chi connectivity index (χ1v) is 5.62. The molecule has 5 heteroatoms. The normalized spacial score (nSPS) is 16.5. The fourth-order valence-corrected chi connectivity index (χ4v) is 2.16. The van der Waals surface area contributed by atoms with Gasteiger partial charge in [0.25, 0.3) is 0 Å². The second-order valence-corrected chi connectivity index (χ2v) is 4.33. The number of halogens is 1. The van der Waals surface area contributed by atoms with Crippen molar-refractivity contribution >= 4 is 40.1 Å². The summed E-state index contributed by atoms with van der Waals surface area (Å²) in [4.78, 5) is 24.3. The number of anilines is 1. The Bertz CT molecular complexity index is 420. The average Bonchev–Trinajstić information content (AvgIpc) is 2.23. The van der Waals surface area contributed by atoms with Gasteiger partial charge in [0.1, 0.15) is 0 Å². The van der Waals surface area contributed by atoms with Crippen molar-refractivity contribution in [2.24, 2.45) is 0 Å². The van der Waals surface area contributed by atoms with Crippen molar-refractivity contribution in [1.29, 1.82) is 0 Å². The van der Waals surface area contributed by atoms with Gasteiger partial charge >= 0.3 is 11.8 Å². The predicted molar refractivity (Wildman–Crippen MR) is 64.5 cm³/mol. The average molecular weight is 316 g/mol. The zero-order valence-corrected chi connectivity index (χ0v) is 10.0. The molecule has 1 saturated heterocycles. The van der Waals surface area contributed by atoms with Crippen molar-refractivity contribution < 1.29 is 9.59 Å². The van der Waals surface area contributed by atoms with Crippen LogP contribution in [0.5, 0.6) is 0 Å². The Balaban J connectivity index is 2.34. The van der Waals surface area contributed by atoms with Crippen LogP contribution in [0.25, 0.3) is 0 Å². The van der Waals surface area contributed by atoms with E-state index in [1.807, 2.05) is 24.3 Å². The molecule has 1 aromatic carbocycles. The molecule has 0 spiro atoms. The lowest BCUT2D eigenvalue weighted by Crippen LogP contribution is -2.52. The number of hydrogen-bond donors (Lipinski definition) is 1. The number of nitrogens with zero attached hydrogens (tertiary/aromatic N) is 1. The summed E-state index contributed by atoms with van der Waals surface area (Å²) in [7, 11) is 0. The molecular formula is C10H9IN2O2. The highest BCUT2D eigenvalue weighted by atomic mass is 127. The van der Waals surface area contributed by atoms with E-state index in [0.29, 0.717) is 13.1 Å². The minimum Gasteiger partial charge on any atom is -0.346 e. The fraction of sp³-hybridized carbons (Fsp3) is 0.200. The number of rotatable bonds is 1. The standard InChI is InChI=1S/C10H9IN2O2/c11-7-3-1-2-4-8(7)13-6-5-12-9(14)10(13)15/h1-4H,5-6H2,(H,12,14). The van der Waals surface area contributed by atoms with E-state index in [1.165, 1.54) is 4.90 Å². The summed E-state index contributed by atoms with van der Waals surface area (Å²) in [6.07, 6.45) is 0. The molecule has 1 aliphatic heterocycles. The minimum absolute atomic E-state index is 0.481. The second kappa shape index (κ2) is 4.18. The summed E-state index contributed by atoms with van der Waals surface area (Å²) >= 11 is 2.15. The molecule has 0 aromatic heterocycles. The highest BCUT2D eigenvalue weighted by Gasteiger charge is 2.27. The monoisotopic (exact) mass is 316 g/mol. The summed E-state index contributed by atoms with van der Waals surface area (Å²) in [6.45, 7) is 1.04. The zero-order chi connectivity index (χ0) is 10.8. The Kier molecular flexibility index (Phi) is 2.90. The zero-order valence-electron chi connectivity index (χ0n) is 7.87. The number of piperazine rings is 1. The van der Waals surface area contributed by atoms with Crippen LogP contribution >= 0.6 is 22.6 Å². The van der Waals surface area contributed by atoms with Crippen molar-refractivity contribution in [1.82, 2.24) is 5.32 Å². The molecule has 0 atom stereocenters. The number of benzene rings is 1. The molecule has 1 N–H and O–H groups in total. The maximum absolute atomic E-state index is 11.6. The predicted octanol–water partition coefficient (Wildman–Crippen LogP) is 0.754. The van der Waals surface area contributed by atoms with Crippen LogP contribution in [0.3, 0.4) is 0 Å². The van der Waals surface area contributed by atoms with Gasteiger partial charge < -0.3 is 10.2 Å². The SMILES string of the molecule is O=C1NCCN(c2ccccc2I)C1=O. The van der Waals surface area contributed by atoms with Crippen LogP contribution < -0.4 is 10.2 Å². The molecule has 0 bridgehead atoms. The van der Waals surface area contributed by atoms with E-state index >= 15 is 0 Å². The van der Waals surface area contributed by atoms with Gasteiger partial charge in [-0.15, -0.1) is 0 Å². The Morgan fingerprint density at radius 2 is 2.00 bits per heavy atom. The van der Waals surface area contributed by atoms with Crippen LogP contribution in [-0.4, -0.2) is 24.9 Å². The van der Waals surface area contributed by atoms with Gasteiger partial charge in [0, 0.05) is 16.7 Å². The minimum atomic E-state index is -0.527. The molecule has 4 nitrogen and oxygen atoms in total.